The topological polar surface area (TPSA) is 96.8 Å². The van der Waals surface area contributed by atoms with Crippen molar-refractivity contribution in [3.8, 4) is 17.2 Å². The zero-order valence-corrected chi connectivity index (χ0v) is 10.7. The first-order valence-corrected chi connectivity index (χ1v) is 5.37. The molecule has 18 heavy (non-hydrogen) atoms. The van der Waals surface area contributed by atoms with Crippen LogP contribution in [-0.4, -0.2) is 27.2 Å². The Balaban J connectivity index is 3.20. The molecule has 0 fully saturated rings. The number of benzene rings is 1. The Bertz CT molecular complexity index is 434. The molecule has 0 spiro atoms. The van der Waals surface area contributed by atoms with Crippen molar-refractivity contribution in [3.63, 3.8) is 0 Å². The molecule has 6 heteroatoms. The highest BCUT2D eigenvalue weighted by Gasteiger charge is 2.18. The lowest BCUT2D eigenvalue weighted by Crippen LogP contribution is -2.21. The van der Waals surface area contributed by atoms with Crippen molar-refractivity contribution in [1.29, 1.82) is 0 Å². The number of primary amides is 1. The molecule has 0 saturated heterocycles. The summed E-state index contributed by atoms with van der Waals surface area (Å²) in [5.41, 5.74) is 11.7. The SMILES string of the molecule is COc1cc(OC)c(C(N)CC(N)=O)cc1OC. The summed E-state index contributed by atoms with van der Waals surface area (Å²) >= 11 is 0. The van der Waals surface area contributed by atoms with Gasteiger partial charge in [0.25, 0.3) is 0 Å². The number of rotatable bonds is 6. The summed E-state index contributed by atoms with van der Waals surface area (Å²) in [6, 6.07) is 2.80. The number of carbonyl (C=O) groups is 1. The van der Waals surface area contributed by atoms with E-state index < -0.39 is 11.9 Å². The van der Waals surface area contributed by atoms with Crippen molar-refractivity contribution in [2.45, 2.75) is 12.5 Å². The Morgan fingerprint density at radius 3 is 2.06 bits per heavy atom. The molecule has 6 nitrogen and oxygen atoms in total. The minimum absolute atomic E-state index is 0.0336. The van der Waals surface area contributed by atoms with Crippen molar-refractivity contribution in [2.24, 2.45) is 11.5 Å². The van der Waals surface area contributed by atoms with Gasteiger partial charge in [-0.3, -0.25) is 4.79 Å². The lowest BCUT2D eigenvalue weighted by molar-refractivity contribution is -0.118. The fourth-order valence-corrected chi connectivity index (χ4v) is 1.67. The second kappa shape index (κ2) is 6.11. The van der Waals surface area contributed by atoms with Gasteiger partial charge in [-0.2, -0.15) is 0 Å². The lowest BCUT2D eigenvalue weighted by Gasteiger charge is -2.17. The van der Waals surface area contributed by atoms with Crippen LogP contribution in [0.5, 0.6) is 17.2 Å². The van der Waals surface area contributed by atoms with Crippen LogP contribution in [0.15, 0.2) is 12.1 Å². The van der Waals surface area contributed by atoms with Crippen molar-refractivity contribution in [3.05, 3.63) is 17.7 Å². The van der Waals surface area contributed by atoms with E-state index in [1.807, 2.05) is 0 Å². The average Bonchev–Trinajstić information content (AvgIpc) is 2.36. The molecule has 0 aliphatic rings. The summed E-state index contributed by atoms with van der Waals surface area (Å²) in [5, 5.41) is 0. The minimum atomic E-state index is -0.544. The van der Waals surface area contributed by atoms with Gasteiger partial charge < -0.3 is 25.7 Å². The number of carbonyl (C=O) groups excluding carboxylic acids is 1. The molecule has 1 unspecified atom stereocenters. The highest BCUT2D eigenvalue weighted by Crippen LogP contribution is 2.37. The molecule has 0 aliphatic carbocycles. The molecule has 1 aromatic carbocycles. The van der Waals surface area contributed by atoms with Gasteiger partial charge in [-0.15, -0.1) is 0 Å². The first-order chi connectivity index (χ1) is 8.53. The maximum atomic E-state index is 10.9. The van der Waals surface area contributed by atoms with E-state index in [-0.39, 0.29) is 6.42 Å². The Hall–Kier alpha value is -1.95. The molecule has 0 saturated carbocycles. The molecule has 0 bridgehead atoms. The summed E-state index contributed by atoms with van der Waals surface area (Å²) in [6.07, 6.45) is 0.0336. The number of hydrogen-bond donors (Lipinski definition) is 2. The highest BCUT2D eigenvalue weighted by molar-refractivity contribution is 5.75. The summed E-state index contributed by atoms with van der Waals surface area (Å²) < 4.78 is 15.6. The predicted molar refractivity (Wildman–Crippen MR) is 66.8 cm³/mol. The number of methoxy groups -OCH3 is 3. The number of hydrogen-bond acceptors (Lipinski definition) is 5. The fourth-order valence-electron chi connectivity index (χ4n) is 1.67. The van der Waals surface area contributed by atoms with Crippen LogP contribution in [0.2, 0.25) is 0 Å². The van der Waals surface area contributed by atoms with Crippen LogP contribution >= 0.6 is 0 Å². The molecule has 100 valence electrons. The van der Waals surface area contributed by atoms with E-state index in [0.29, 0.717) is 22.8 Å². The molecular weight excluding hydrogens is 236 g/mol. The molecule has 0 heterocycles. The van der Waals surface area contributed by atoms with Gasteiger partial charge in [-0.25, -0.2) is 0 Å². The minimum Gasteiger partial charge on any atom is -0.496 e. The summed E-state index contributed by atoms with van der Waals surface area (Å²) in [5.74, 6) is 1.11. The summed E-state index contributed by atoms with van der Waals surface area (Å²) in [6.45, 7) is 0. The van der Waals surface area contributed by atoms with Gasteiger partial charge in [-0.1, -0.05) is 0 Å². The van der Waals surface area contributed by atoms with Gasteiger partial charge in [0.05, 0.1) is 21.3 Å². The quantitative estimate of drug-likeness (QED) is 0.774. The third-order valence-corrected chi connectivity index (χ3v) is 2.56. The van der Waals surface area contributed by atoms with Crippen molar-refractivity contribution in [1.82, 2.24) is 0 Å². The van der Waals surface area contributed by atoms with Gasteiger partial charge in [0, 0.05) is 24.1 Å². The Morgan fingerprint density at radius 2 is 1.61 bits per heavy atom. The molecule has 0 aliphatic heterocycles. The van der Waals surface area contributed by atoms with E-state index in [0.717, 1.165) is 0 Å². The second-order valence-corrected chi connectivity index (χ2v) is 3.73. The Kier molecular flexibility index (Phi) is 4.79. The standard InChI is InChI=1S/C12H18N2O4/c1-16-9-6-11(18-3)10(17-2)4-7(9)8(13)5-12(14)15/h4,6,8H,5,13H2,1-3H3,(H2,14,15). The zero-order valence-electron chi connectivity index (χ0n) is 10.7. The van der Waals surface area contributed by atoms with E-state index in [2.05, 4.69) is 0 Å². The first kappa shape index (κ1) is 14.1. The Morgan fingerprint density at radius 1 is 1.11 bits per heavy atom. The smallest absolute Gasteiger partial charge is 0.219 e. The van der Waals surface area contributed by atoms with Crippen LogP contribution in [0.3, 0.4) is 0 Å². The number of amides is 1. The fraction of sp³-hybridized carbons (Fsp3) is 0.417. The molecular formula is C12H18N2O4. The van der Waals surface area contributed by atoms with Gasteiger partial charge >= 0.3 is 0 Å². The third-order valence-electron chi connectivity index (χ3n) is 2.56. The van der Waals surface area contributed by atoms with Crippen molar-refractivity contribution in [2.75, 3.05) is 21.3 Å². The van der Waals surface area contributed by atoms with Crippen molar-refractivity contribution >= 4 is 5.91 Å². The maximum Gasteiger partial charge on any atom is 0.219 e. The molecule has 1 rings (SSSR count). The Labute approximate surface area is 106 Å². The van der Waals surface area contributed by atoms with Crippen LogP contribution in [0.25, 0.3) is 0 Å². The maximum absolute atomic E-state index is 10.9. The normalized spacial score (nSPS) is 11.8. The highest BCUT2D eigenvalue weighted by atomic mass is 16.5. The van der Waals surface area contributed by atoms with Crippen LogP contribution in [-0.2, 0) is 4.79 Å². The van der Waals surface area contributed by atoms with Gasteiger partial charge in [0.15, 0.2) is 11.5 Å². The van der Waals surface area contributed by atoms with Crippen LogP contribution in [0, 0.1) is 0 Å². The van der Waals surface area contributed by atoms with Gasteiger partial charge in [-0.05, 0) is 6.07 Å². The van der Waals surface area contributed by atoms with E-state index >= 15 is 0 Å². The van der Waals surface area contributed by atoms with Crippen LogP contribution in [0.4, 0.5) is 0 Å². The second-order valence-electron chi connectivity index (χ2n) is 3.73. The molecule has 1 amide bonds. The summed E-state index contributed by atoms with van der Waals surface area (Å²) in [4.78, 5) is 10.9. The lowest BCUT2D eigenvalue weighted by atomic mass is 10.0. The van der Waals surface area contributed by atoms with E-state index in [1.54, 1.807) is 12.1 Å². The van der Waals surface area contributed by atoms with E-state index in [1.165, 1.54) is 21.3 Å². The van der Waals surface area contributed by atoms with Gasteiger partial charge in [0.1, 0.15) is 5.75 Å². The predicted octanol–water partition coefficient (Wildman–Crippen LogP) is 0.588. The van der Waals surface area contributed by atoms with Crippen molar-refractivity contribution < 1.29 is 19.0 Å². The zero-order chi connectivity index (χ0) is 13.7. The molecule has 0 aromatic heterocycles. The molecule has 1 aromatic rings. The summed E-state index contributed by atoms with van der Waals surface area (Å²) in [7, 11) is 4.57. The average molecular weight is 254 g/mol. The monoisotopic (exact) mass is 254 g/mol. The van der Waals surface area contributed by atoms with Crippen LogP contribution < -0.4 is 25.7 Å². The first-order valence-electron chi connectivity index (χ1n) is 5.37. The molecule has 4 N–H and O–H groups in total. The number of nitrogens with two attached hydrogens (primary N) is 2. The third kappa shape index (κ3) is 3.04. The largest absolute Gasteiger partial charge is 0.496 e. The van der Waals surface area contributed by atoms with Crippen LogP contribution in [0.1, 0.15) is 18.0 Å². The molecule has 1 atom stereocenters. The van der Waals surface area contributed by atoms with Gasteiger partial charge in [0.2, 0.25) is 5.91 Å². The van der Waals surface area contributed by atoms with E-state index in [9.17, 15) is 4.79 Å². The number of ether oxygens (including phenoxy) is 3. The van der Waals surface area contributed by atoms with E-state index in [4.69, 9.17) is 25.7 Å². The molecule has 0 radical (unpaired) electrons.